The molecule has 0 aromatic rings. The molecular weight excluding hydrogens is 1480 g/mol. The number of hydrogen-bond donors (Lipinski definition) is 12. The van der Waals surface area contributed by atoms with Crippen molar-refractivity contribution in [2.75, 3.05) is 26.4 Å². The first-order valence-electron chi connectivity index (χ1n) is 47.6. The monoisotopic (exact) mass is 1650 g/mol. The molecule has 17 atom stereocenters. The zero-order chi connectivity index (χ0) is 84.5. The highest BCUT2D eigenvalue weighted by molar-refractivity contribution is 5.76. The summed E-state index contributed by atoms with van der Waals surface area (Å²) in [6, 6.07) is -1.00. The topological polar surface area (TPSA) is 307 Å². The molecule has 0 aromatic heterocycles. The van der Waals surface area contributed by atoms with Crippen LogP contribution in [0.3, 0.4) is 0 Å². The summed E-state index contributed by atoms with van der Waals surface area (Å²) in [5.41, 5.74) is 0. The van der Waals surface area contributed by atoms with E-state index in [1.54, 1.807) is 6.08 Å². The van der Waals surface area contributed by atoms with Crippen molar-refractivity contribution in [1.82, 2.24) is 5.32 Å². The molecule has 17 unspecified atom stereocenters. The molecule has 3 aliphatic heterocycles. The molecule has 12 N–H and O–H groups in total. The Hall–Kier alpha value is -3.55. The molecule has 0 radical (unpaired) electrons. The zero-order valence-electron chi connectivity index (χ0n) is 73.4. The van der Waals surface area contributed by atoms with E-state index >= 15 is 0 Å². The summed E-state index contributed by atoms with van der Waals surface area (Å²) in [4.78, 5) is 13.5. The van der Waals surface area contributed by atoms with Crippen LogP contribution in [0.15, 0.2) is 109 Å². The Morgan fingerprint density at radius 2 is 0.598 bits per heavy atom. The largest absolute Gasteiger partial charge is 0.394 e. The lowest BCUT2D eigenvalue weighted by atomic mass is 9.96. The zero-order valence-corrected chi connectivity index (χ0v) is 73.4. The van der Waals surface area contributed by atoms with Gasteiger partial charge in [0.1, 0.15) is 73.2 Å². The maximum absolute atomic E-state index is 13.5. The first kappa shape index (κ1) is 108. The van der Waals surface area contributed by atoms with Crippen LogP contribution in [0.25, 0.3) is 0 Å². The Bertz CT molecular complexity index is 2540. The second-order valence-electron chi connectivity index (χ2n) is 33.4. The maximum atomic E-state index is 13.5. The molecule has 3 rings (SSSR count). The quantitative estimate of drug-likeness (QED) is 0.0199. The number of carbonyl (C=O) groups excluding carboxylic acids is 1. The fraction of sp³-hybridized carbons (Fsp3) is 0.806. The molecule has 0 spiro atoms. The van der Waals surface area contributed by atoms with Gasteiger partial charge in [-0.3, -0.25) is 4.79 Å². The van der Waals surface area contributed by atoms with E-state index in [-0.39, 0.29) is 18.9 Å². The lowest BCUT2D eigenvalue weighted by Crippen LogP contribution is -2.66. The average molecular weight is 1650 g/mol. The summed E-state index contributed by atoms with van der Waals surface area (Å²) in [7, 11) is 0. The highest BCUT2D eigenvalue weighted by Gasteiger charge is 2.54. The van der Waals surface area contributed by atoms with Gasteiger partial charge in [-0.25, -0.2) is 0 Å². The number of amides is 1. The van der Waals surface area contributed by atoms with Gasteiger partial charge in [-0.1, -0.05) is 380 Å². The first-order valence-corrected chi connectivity index (χ1v) is 47.6. The van der Waals surface area contributed by atoms with E-state index in [0.717, 1.165) is 83.5 Å². The molecule has 3 fully saturated rings. The fourth-order valence-electron chi connectivity index (χ4n) is 15.5. The smallest absolute Gasteiger partial charge is 0.220 e. The average Bonchev–Trinajstić information content (AvgIpc) is 0.777. The Morgan fingerprint density at radius 3 is 0.957 bits per heavy atom. The second kappa shape index (κ2) is 76.1. The molecule has 678 valence electrons. The van der Waals surface area contributed by atoms with Gasteiger partial charge in [0.2, 0.25) is 5.91 Å². The van der Waals surface area contributed by atoms with Gasteiger partial charge in [0.15, 0.2) is 18.9 Å². The number of unbranched alkanes of at least 4 members (excludes halogenated alkanes) is 45. The minimum absolute atomic E-state index is 0.230. The van der Waals surface area contributed by atoms with Crippen LogP contribution in [0.1, 0.15) is 373 Å². The van der Waals surface area contributed by atoms with Gasteiger partial charge in [-0.05, 0) is 96.3 Å². The number of hydrogen-bond acceptors (Lipinski definition) is 18. The third kappa shape index (κ3) is 54.0. The molecular formula is C98H173NO18. The number of aliphatic hydroxyl groups excluding tert-OH is 11. The molecule has 0 saturated carbocycles. The van der Waals surface area contributed by atoms with Gasteiger partial charge < -0.3 is 89.9 Å². The minimum Gasteiger partial charge on any atom is -0.394 e. The van der Waals surface area contributed by atoms with Crippen LogP contribution in [-0.4, -0.2) is 193 Å². The Morgan fingerprint density at radius 1 is 0.316 bits per heavy atom. The van der Waals surface area contributed by atoms with Crippen molar-refractivity contribution < 1.29 is 89.4 Å². The predicted molar refractivity (Wildman–Crippen MR) is 475 cm³/mol. The van der Waals surface area contributed by atoms with Crippen molar-refractivity contribution in [2.45, 2.75) is 478 Å². The minimum atomic E-state index is -1.99. The van der Waals surface area contributed by atoms with Crippen molar-refractivity contribution in [3.63, 3.8) is 0 Å². The van der Waals surface area contributed by atoms with Gasteiger partial charge in [0, 0.05) is 6.42 Å². The summed E-state index contributed by atoms with van der Waals surface area (Å²) in [6.45, 7) is 1.64. The third-order valence-corrected chi connectivity index (χ3v) is 23.0. The van der Waals surface area contributed by atoms with E-state index < -0.39 is 124 Å². The van der Waals surface area contributed by atoms with Crippen LogP contribution in [0.4, 0.5) is 0 Å². The normalized spacial score (nSPS) is 24.9. The molecule has 0 bridgehead atoms. The molecule has 3 aliphatic rings. The van der Waals surface area contributed by atoms with Crippen molar-refractivity contribution in [2.24, 2.45) is 0 Å². The van der Waals surface area contributed by atoms with Crippen LogP contribution in [0.2, 0.25) is 0 Å². The fourth-order valence-corrected chi connectivity index (χ4v) is 15.5. The highest BCUT2D eigenvalue weighted by Crippen LogP contribution is 2.34. The lowest BCUT2D eigenvalue weighted by molar-refractivity contribution is -0.379. The summed E-state index contributed by atoms with van der Waals surface area (Å²) in [5.74, 6) is -0.286. The molecule has 0 aliphatic carbocycles. The Kier molecular flexibility index (Phi) is 70.0. The third-order valence-electron chi connectivity index (χ3n) is 23.0. The number of rotatable bonds is 77. The van der Waals surface area contributed by atoms with Crippen LogP contribution in [-0.2, 0) is 33.2 Å². The van der Waals surface area contributed by atoms with Gasteiger partial charge in [-0.2, -0.15) is 0 Å². The molecule has 19 nitrogen and oxygen atoms in total. The number of allylic oxidation sites excluding steroid dienone is 17. The first-order chi connectivity index (χ1) is 57.3. The van der Waals surface area contributed by atoms with Crippen molar-refractivity contribution in [3.8, 4) is 0 Å². The van der Waals surface area contributed by atoms with Crippen molar-refractivity contribution >= 4 is 5.91 Å². The van der Waals surface area contributed by atoms with Crippen LogP contribution in [0.5, 0.6) is 0 Å². The number of nitrogens with one attached hydrogen (secondary N) is 1. The predicted octanol–water partition coefficient (Wildman–Crippen LogP) is 19.2. The van der Waals surface area contributed by atoms with E-state index in [0.29, 0.717) is 12.8 Å². The Balaban J connectivity index is 1.32. The molecule has 19 heteroatoms. The number of aliphatic hydroxyl groups is 11. The number of carbonyl (C=O) groups is 1. The van der Waals surface area contributed by atoms with Crippen molar-refractivity contribution in [3.05, 3.63) is 109 Å². The SMILES string of the molecule is CC/C=C\C/C=C\C/C=C\C/C=C\C/C=C\C/C=C\CCCCCCCCCCCCCCCCCCCCCCC(=O)NC(COC1OC(CO)C(OC2OC(CO)C(OC3OC(CO)C(O)C(O)C3O)C(O)C2O)C(O)C1O)C(O)/C=C/CC/C=C/CC/C=C/CCCCCCCCCCCCCCCCCCCCCCCCC. The molecule has 3 saturated heterocycles. The van der Waals surface area contributed by atoms with E-state index in [9.17, 15) is 61.0 Å². The van der Waals surface area contributed by atoms with Crippen LogP contribution in [0, 0.1) is 0 Å². The van der Waals surface area contributed by atoms with Crippen LogP contribution < -0.4 is 5.32 Å². The van der Waals surface area contributed by atoms with Crippen molar-refractivity contribution in [1.29, 1.82) is 0 Å². The lowest BCUT2D eigenvalue weighted by Gasteiger charge is -2.48. The summed E-state index contributed by atoms with van der Waals surface area (Å²) in [6.07, 6.45) is 81.2. The summed E-state index contributed by atoms with van der Waals surface area (Å²) in [5, 5.41) is 121. The molecule has 3 heterocycles. The summed E-state index contributed by atoms with van der Waals surface area (Å²) >= 11 is 0. The number of ether oxygens (including phenoxy) is 6. The van der Waals surface area contributed by atoms with E-state index in [2.05, 4.69) is 116 Å². The van der Waals surface area contributed by atoms with Gasteiger partial charge in [0.25, 0.3) is 0 Å². The molecule has 117 heavy (non-hydrogen) atoms. The Labute approximate surface area is 710 Å². The highest BCUT2D eigenvalue weighted by atomic mass is 16.8. The van der Waals surface area contributed by atoms with E-state index in [4.69, 9.17) is 28.4 Å². The van der Waals surface area contributed by atoms with Gasteiger partial charge in [-0.15, -0.1) is 0 Å². The second-order valence-corrected chi connectivity index (χ2v) is 33.4. The summed E-state index contributed by atoms with van der Waals surface area (Å²) < 4.78 is 34.5. The van der Waals surface area contributed by atoms with E-state index in [1.807, 2.05) is 6.08 Å². The van der Waals surface area contributed by atoms with Crippen LogP contribution >= 0.6 is 0 Å². The standard InChI is InChI=1S/C98H173NO18/c1-3-5-7-9-11-13-15-17-19-21-23-25-27-29-31-33-35-37-38-39-40-41-42-44-46-48-50-52-54-56-58-60-62-64-66-68-70-72-74-76-86(104)99-81(82(103)75-73-71-69-67-65-63-61-59-57-55-53-51-49-47-45-43-36-34-32-30-28-26-24-22-20-18-16-14-12-10-8-6-4-2)80-112-96-92(110)89(107)94(84(78-101)114-96)117-98-93(111)90(108)95(85(79-102)115-98)116-97-91(109)88(106)87(105)83(77-100)113-97/h5,7,11,13,17,19,23,25,29,31,35,37,57,59,65,67,73,75,81-85,87-98,100-103,105-111H,3-4,6,8-10,12,14-16,18,20-22,24,26-28,30,32-34,36,38-56,58,60-64,66,68-72,74,76-80H2,1-2H3,(H,99,104)/b7-5-,13-11-,19-17-,25-23-,31-29-,37-35-,59-57+,67-65+,75-73+. The van der Waals surface area contributed by atoms with E-state index in [1.165, 1.54) is 257 Å². The molecule has 0 aromatic carbocycles. The van der Waals surface area contributed by atoms with Gasteiger partial charge >= 0.3 is 0 Å². The molecule has 1 amide bonds. The maximum Gasteiger partial charge on any atom is 0.220 e. The van der Waals surface area contributed by atoms with Gasteiger partial charge in [0.05, 0.1) is 38.6 Å².